The van der Waals surface area contributed by atoms with Crippen molar-refractivity contribution in [2.75, 3.05) is 18.0 Å². The molecule has 0 aliphatic carbocycles. The molecular weight excluding hydrogens is 256 g/mol. The normalized spacial score (nSPS) is 15.7. The molecule has 1 aliphatic heterocycles. The Labute approximate surface area is 97.4 Å². The SMILES string of the molecule is NC(=O)c1ccc(Br)cc1N1CCCC1. The summed E-state index contributed by atoms with van der Waals surface area (Å²) in [6.45, 7) is 2.02. The topological polar surface area (TPSA) is 46.3 Å². The number of primary amides is 1. The summed E-state index contributed by atoms with van der Waals surface area (Å²) >= 11 is 3.41. The first-order chi connectivity index (χ1) is 7.18. The van der Waals surface area contributed by atoms with Crippen LogP contribution in [-0.4, -0.2) is 19.0 Å². The summed E-state index contributed by atoms with van der Waals surface area (Å²) in [5.74, 6) is -0.357. The molecule has 2 rings (SSSR count). The summed E-state index contributed by atoms with van der Waals surface area (Å²) in [5.41, 5.74) is 6.92. The van der Waals surface area contributed by atoms with Crippen molar-refractivity contribution in [3.8, 4) is 0 Å². The number of nitrogens with zero attached hydrogens (tertiary/aromatic N) is 1. The van der Waals surface area contributed by atoms with Gasteiger partial charge in [-0.1, -0.05) is 15.9 Å². The Balaban J connectivity index is 2.41. The molecule has 0 unspecified atom stereocenters. The van der Waals surface area contributed by atoms with Crippen LogP contribution in [0.1, 0.15) is 23.2 Å². The highest BCUT2D eigenvalue weighted by Gasteiger charge is 2.18. The third-order valence-corrected chi connectivity index (χ3v) is 3.17. The lowest BCUT2D eigenvalue weighted by Gasteiger charge is -2.20. The first-order valence-corrected chi connectivity index (χ1v) is 5.82. The predicted octanol–water partition coefficient (Wildman–Crippen LogP) is 2.15. The molecule has 0 saturated carbocycles. The van der Waals surface area contributed by atoms with Gasteiger partial charge in [0.05, 0.1) is 11.3 Å². The minimum absolute atomic E-state index is 0.357. The van der Waals surface area contributed by atoms with E-state index in [1.54, 1.807) is 6.07 Å². The van der Waals surface area contributed by atoms with Crippen molar-refractivity contribution in [1.29, 1.82) is 0 Å². The van der Waals surface area contributed by atoms with Crippen LogP contribution in [0.4, 0.5) is 5.69 Å². The number of amides is 1. The fraction of sp³-hybridized carbons (Fsp3) is 0.364. The largest absolute Gasteiger partial charge is 0.371 e. The molecule has 1 aromatic carbocycles. The van der Waals surface area contributed by atoms with Crippen LogP contribution in [0, 0.1) is 0 Å². The van der Waals surface area contributed by atoms with Crippen LogP contribution in [0.3, 0.4) is 0 Å². The van der Waals surface area contributed by atoms with E-state index >= 15 is 0 Å². The molecule has 0 atom stereocenters. The molecule has 1 aromatic rings. The molecule has 1 fully saturated rings. The van der Waals surface area contributed by atoms with Crippen molar-refractivity contribution in [3.63, 3.8) is 0 Å². The van der Waals surface area contributed by atoms with Crippen LogP contribution in [0.15, 0.2) is 22.7 Å². The zero-order valence-electron chi connectivity index (χ0n) is 8.37. The maximum atomic E-state index is 11.3. The minimum Gasteiger partial charge on any atom is -0.371 e. The standard InChI is InChI=1S/C11H13BrN2O/c12-8-3-4-9(11(13)15)10(7-8)14-5-1-2-6-14/h3-4,7H,1-2,5-6H2,(H2,13,15). The van der Waals surface area contributed by atoms with Crippen molar-refractivity contribution < 1.29 is 4.79 Å². The predicted molar refractivity (Wildman–Crippen MR) is 64.1 cm³/mol. The number of carbonyl (C=O) groups is 1. The van der Waals surface area contributed by atoms with E-state index in [9.17, 15) is 4.79 Å². The van der Waals surface area contributed by atoms with Crippen molar-refractivity contribution in [1.82, 2.24) is 0 Å². The highest BCUT2D eigenvalue weighted by Crippen LogP contribution is 2.27. The van der Waals surface area contributed by atoms with Crippen molar-refractivity contribution in [2.45, 2.75) is 12.8 Å². The number of benzene rings is 1. The van der Waals surface area contributed by atoms with Gasteiger partial charge >= 0.3 is 0 Å². The minimum atomic E-state index is -0.357. The molecular formula is C11H13BrN2O. The maximum absolute atomic E-state index is 11.3. The fourth-order valence-corrected chi connectivity index (χ4v) is 2.28. The Hall–Kier alpha value is -1.03. The van der Waals surface area contributed by atoms with E-state index in [1.165, 1.54) is 12.8 Å². The summed E-state index contributed by atoms with van der Waals surface area (Å²) in [7, 11) is 0. The second-order valence-corrected chi connectivity index (χ2v) is 4.64. The van der Waals surface area contributed by atoms with Crippen LogP contribution in [0.2, 0.25) is 0 Å². The Kier molecular flexibility index (Phi) is 2.95. The van der Waals surface area contributed by atoms with E-state index in [0.29, 0.717) is 5.56 Å². The van der Waals surface area contributed by atoms with Gasteiger partial charge in [0.1, 0.15) is 0 Å². The van der Waals surface area contributed by atoms with Crippen molar-refractivity contribution in [2.24, 2.45) is 5.73 Å². The second-order valence-electron chi connectivity index (χ2n) is 3.72. The zero-order valence-corrected chi connectivity index (χ0v) is 9.96. The van der Waals surface area contributed by atoms with Crippen LogP contribution in [-0.2, 0) is 0 Å². The van der Waals surface area contributed by atoms with E-state index in [1.807, 2.05) is 12.1 Å². The van der Waals surface area contributed by atoms with Gasteiger partial charge in [-0.15, -0.1) is 0 Å². The van der Waals surface area contributed by atoms with Crippen LogP contribution < -0.4 is 10.6 Å². The van der Waals surface area contributed by atoms with Gasteiger partial charge in [-0.05, 0) is 31.0 Å². The number of rotatable bonds is 2. The molecule has 0 aromatic heterocycles. The third-order valence-electron chi connectivity index (χ3n) is 2.67. The maximum Gasteiger partial charge on any atom is 0.250 e. The van der Waals surface area contributed by atoms with Crippen LogP contribution in [0.25, 0.3) is 0 Å². The van der Waals surface area contributed by atoms with Gasteiger partial charge in [0, 0.05) is 17.6 Å². The molecule has 0 bridgehead atoms. The lowest BCUT2D eigenvalue weighted by atomic mass is 10.1. The van der Waals surface area contributed by atoms with Gasteiger partial charge in [-0.25, -0.2) is 0 Å². The summed E-state index contributed by atoms with van der Waals surface area (Å²) in [4.78, 5) is 13.5. The van der Waals surface area contributed by atoms with Gasteiger partial charge in [0.15, 0.2) is 0 Å². The van der Waals surface area contributed by atoms with Gasteiger partial charge in [-0.3, -0.25) is 4.79 Å². The highest BCUT2D eigenvalue weighted by molar-refractivity contribution is 9.10. The average molecular weight is 269 g/mol. The molecule has 1 saturated heterocycles. The lowest BCUT2D eigenvalue weighted by Crippen LogP contribution is -2.23. The monoisotopic (exact) mass is 268 g/mol. The first-order valence-electron chi connectivity index (χ1n) is 5.03. The Morgan fingerprint density at radius 1 is 1.33 bits per heavy atom. The summed E-state index contributed by atoms with van der Waals surface area (Å²) in [6, 6.07) is 5.59. The lowest BCUT2D eigenvalue weighted by molar-refractivity contribution is 0.100. The molecule has 0 radical (unpaired) electrons. The molecule has 1 heterocycles. The van der Waals surface area contributed by atoms with Gasteiger partial charge in [-0.2, -0.15) is 0 Å². The Bertz CT molecular complexity index is 386. The number of hydrogen-bond acceptors (Lipinski definition) is 2. The molecule has 0 spiro atoms. The number of halogens is 1. The smallest absolute Gasteiger partial charge is 0.250 e. The van der Waals surface area contributed by atoms with Gasteiger partial charge < -0.3 is 10.6 Å². The average Bonchev–Trinajstić information content (AvgIpc) is 2.69. The Morgan fingerprint density at radius 3 is 2.60 bits per heavy atom. The van der Waals surface area contributed by atoms with Gasteiger partial charge in [0.2, 0.25) is 0 Å². The molecule has 1 aliphatic rings. The summed E-state index contributed by atoms with van der Waals surface area (Å²) < 4.78 is 0.981. The molecule has 3 nitrogen and oxygen atoms in total. The fourth-order valence-electron chi connectivity index (χ4n) is 1.93. The highest BCUT2D eigenvalue weighted by atomic mass is 79.9. The molecule has 1 amide bonds. The Morgan fingerprint density at radius 2 is 2.00 bits per heavy atom. The molecule has 2 N–H and O–H groups in total. The number of hydrogen-bond donors (Lipinski definition) is 1. The van der Waals surface area contributed by atoms with Crippen LogP contribution >= 0.6 is 15.9 Å². The van der Waals surface area contributed by atoms with E-state index < -0.39 is 0 Å². The van der Waals surface area contributed by atoms with Crippen LogP contribution in [0.5, 0.6) is 0 Å². The zero-order chi connectivity index (χ0) is 10.8. The van der Waals surface area contributed by atoms with E-state index in [2.05, 4.69) is 20.8 Å². The van der Waals surface area contributed by atoms with E-state index in [4.69, 9.17) is 5.73 Å². The van der Waals surface area contributed by atoms with Crippen molar-refractivity contribution in [3.05, 3.63) is 28.2 Å². The van der Waals surface area contributed by atoms with E-state index in [0.717, 1.165) is 23.2 Å². The van der Waals surface area contributed by atoms with Crippen molar-refractivity contribution >= 4 is 27.5 Å². The summed E-state index contributed by atoms with van der Waals surface area (Å²) in [5, 5.41) is 0. The third kappa shape index (κ3) is 2.15. The molecule has 80 valence electrons. The first kappa shape index (κ1) is 10.5. The number of carbonyl (C=O) groups excluding carboxylic acids is 1. The quantitative estimate of drug-likeness (QED) is 0.894. The number of anilines is 1. The van der Waals surface area contributed by atoms with E-state index in [-0.39, 0.29) is 5.91 Å². The molecule has 15 heavy (non-hydrogen) atoms. The molecule has 4 heteroatoms. The summed E-state index contributed by atoms with van der Waals surface area (Å²) in [6.07, 6.45) is 2.37. The van der Waals surface area contributed by atoms with Gasteiger partial charge in [0.25, 0.3) is 5.91 Å². The second kappa shape index (κ2) is 4.23. The number of nitrogens with two attached hydrogens (primary N) is 1.